The highest BCUT2D eigenvalue weighted by Crippen LogP contribution is 2.32. The Bertz CT molecular complexity index is 604. The quantitative estimate of drug-likeness (QED) is 0.943. The van der Waals surface area contributed by atoms with Crippen LogP contribution in [0.1, 0.15) is 48.9 Å². The fraction of sp³-hybridized carbons (Fsp3) is 0.467. The minimum Gasteiger partial charge on any atom is -0.393 e. The summed E-state index contributed by atoms with van der Waals surface area (Å²) in [4.78, 5) is 4.35. The monoisotopic (exact) mass is 310 g/mol. The molecule has 1 aromatic carbocycles. The van der Waals surface area contributed by atoms with E-state index in [9.17, 15) is 9.50 Å². The van der Waals surface area contributed by atoms with Crippen molar-refractivity contribution >= 4 is 11.6 Å². The van der Waals surface area contributed by atoms with Gasteiger partial charge >= 0.3 is 0 Å². The van der Waals surface area contributed by atoms with Gasteiger partial charge in [-0.2, -0.15) is 4.98 Å². The summed E-state index contributed by atoms with van der Waals surface area (Å²) in [6, 6.07) is 4.57. The van der Waals surface area contributed by atoms with E-state index in [1.54, 1.807) is 12.1 Å². The third-order valence-electron chi connectivity index (χ3n) is 3.93. The second-order valence-electron chi connectivity index (χ2n) is 5.43. The number of aliphatic hydroxyl groups is 1. The van der Waals surface area contributed by atoms with Crippen molar-refractivity contribution in [1.82, 2.24) is 10.1 Å². The molecule has 0 atom stereocenters. The SMILES string of the molecule is OC1CCC(c2nc(Cc3c(F)cccc3Cl)no2)CC1. The van der Waals surface area contributed by atoms with E-state index in [-0.39, 0.29) is 24.3 Å². The van der Waals surface area contributed by atoms with Gasteiger partial charge in [-0.1, -0.05) is 22.8 Å². The first kappa shape index (κ1) is 14.5. The van der Waals surface area contributed by atoms with Crippen LogP contribution in [0.15, 0.2) is 22.7 Å². The van der Waals surface area contributed by atoms with Gasteiger partial charge in [0.25, 0.3) is 0 Å². The summed E-state index contributed by atoms with van der Waals surface area (Å²) in [5, 5.41) is 13.8. The molecule has 1 aliphatic rings. The van der Waals surface area contributed by atoms with Gasteiger partial charge in [-0.05, 0) is 37.8 Å². The molecule has 1 N–H and O–H groups in total. The summed E-state index contributed by atoms with van der Waals surface area (Å²) in [5.74, 6) is 0.827. The van der Waals surface area contributed by atoms with E-state index < -0.39 is 0 Å². The first-order valence-electron chi connectivity index (χ1n) is 7.07. The Balaban J connectivity index is 1.73. The number of hydrogen-bond acceptors (Lipinski definition) is 4. The molecule has 1 saturated carbocycles. The Morgan fingerprint density at radius 3 is 2.76 bits per heavy atom. The van der Waals surface area contributed by atoms with Crippen molar-refractivity contribution in [1.29, 1.82) is 0 Å². The molecule has 0 radical (unpaired) electrons. The van der Waals surface area contributed by atoms with Crippen molar-refractivity contribution in [2.45, 2.75) is 44.1 Å². The molecule has 3 rings (SSSR count). The van der Waals surface area contributed by atoms with Gasteiger partial charge in [0.15, 0.2) is 5.82 Å². The summed E-state index contributed by atoms with van der Waals surface area (Å²) in [6.07, 6.45) is 3.17. The zero-order valence-electron chi connectivity index (χ0n) is 11.4. The summed E-state index contributed by atoms with van der Waals surface area (Å²) in [7, 11) is 0. The average Bonchev–Trinajstić information content (AvgIpc) is 2.92. The van der Waals surface area contributed by atoms with Crippen LogP contribution < -0.4 is 0 Å². The van der Waals surface area contributed by atoms with Crippen LogP contribution in [0, 0.1) is 5.82 Å². The number of halogens is 2. The molecule has 112 valence electrons. The van der Waals surface area contributed by atoms with Gasteiger partial charge in [-0.3, -0.25) is 0 Å². The highest BCUT2D eigenvalue weighted by Gasteiger charge is 2.25. The van der Waals surface area contributed by atoms with Crippen LogP contribution in [0.3, 0.4) is 0 Å². The fourth-order valence-corrected chi connectivity index (χ4v) is 2.92. The van der Waals surface area contributed by atoms with Gasteiger partial charge in [0.1, 0.15) is 5.82 Å². The minimum atomic E-state index is -0.366. The standard InChI is InChI=1S/C15H16ClFN2O2/c16-12-2-1-3-13(17)11(12)8-14-18-15(21-19-14)9-4-6-10(20)7-5-9/h1-3,9-10,20H,4-8H2. The maximum atomic E-state index is 13.7. The van der Waals surface area contributed by atoms with Crippen LogP contribution in [0.4, 0.5) is 4.39 Å². The van der Waals surface area contributed by atoms with Crippen molar-refractivity contribution in [3.8, 4) is 0 Å². The third kappa shape index (κ3) is 3.24. The smallest absolute Gasteiger partial charge is 0.229 e. The van der Waals surface area contributed by atoms with E-state index in [2.05, 4.69) is 10.1 Å². The number of hydrogen-bond donors (Lipinski definition) is 1. The molecule has 2 aromatic rings. The predicted octanol–water partition coefficient (Wildman–Crippen LogP) is 3.47. The van der Waals surface area contributed by atoms with Crippen molar-refractivity contribution in [2.24, 2.45) is 0 Å². The lowest BCUT2D eigenvalue weighted by Gasteiger charge is -2.22. The van der Waals surface area contributed by atoms with E-state index in [0.29, 0.717) is 22.3 Å². The van der Waals surface area contributed by atoms with E-state index in [1.807, 2.05) is 0 Å². The Hall–Kier alpha value is -1.46. The lowest BCUT2D eigenvalue weighted by molar-refractivity contribution is 0.116. The van der Waals surface area contributed by atoms with Crippen LogP contribution in [-0.2, 0) is 6.42 Å². The van der Waals surface area contributed by atoms with Gasteiger partial charge in [0.05, 0.1) is 6.10 Å². The molecule has 21 heavy (non-hydrogen) atoms. The lowest BCUT2D eigenvalue weighted by Crippen LogP contribution is -2.17. The Kier molecular flexibility index (Phi) is 4.22. The summed E-state index contributed by atoms with van der Waals surface area (Å²) in [5.41, 5.74) is 0.380. The van der Waals surface area contributed by atoms with Gasteiger partial charge in [0, 0.05) is 22.9 Å². The molecule has 1 heterocycles. The van der Waals surface area contributed by atoms with Crippen LogP contribution in [-0.4, -0.2) is 21.4 Å². The van der Waals surface area contributed by atoms with Crippen LogP contribution in [0.25, 0.3) is 0 Å². The molecule has 0 unspecified atom stereocenters. The molecule has 1 fully saturated rings. The van der Waals surface area contributed by atoms with Gasteiger partial charge in [-0.15, -0.1) is 0 Å². The summed E-state index contributed by atoms with van der Waals surface area (Å²) >= 11 is 6.00. The van der Waals surface area contributed by atoms with Crippen molar-refractivity contribution in [3.63, 3.8) is 0 Å². The molecule has 0 saturated heterocycles. The first-order valence-corrected chi connectivity index (χ1v) is 7.44. The predicted molar refractivity (Wildman–Crippen MR) is 75.7 cm³/mol. The van der Waals surface area contributed by atoms with Crippen molar-refractivity contribution in [2.75, 3.05) is 0 Å². The van der Waals surface area contributed by atoms with Crippen LogP contribution in [0.5, 0.6) is 0 Å². The fourth-order valence-electron chi connectivity index (χ4n) is 2.69. The zero-order valence-corrected chi connectivity index (χ0v) is 12.2. The Morgan fingerprint density at radius 2 is 2.05 bits per heavy atom. The second-order valence-corrected chi connectivity index (χ2v) is 5.84. The second kappa shape index (κ2) is 6.12. The first-order chi connectivity index (χ1) is 10.1. The maximum absolute atomic E-state index is 13.7. The molecule has 1 aromatic heterocycles. The minimum absolute atomic E-state index is 0.186. The largest absolute Gasteiger partial charge is 0.393 e. The number of aromatic nitrogens is 2. The van der Waals surface area contributed by atoms with Crippen molar-refractivity contribution < 1.29 is 14.0 Å². The van der Waals surface area contributed by atoms with Gasteiger partial charge in [-0.25, -0.2) is 4.39 Å². The lowest BCUT2D eigenvalue weighted by atomic mass is 9.87. The molecule has 0 spiro atoms. The number of benzene rings is 1. The number of aliphatic hydroxyl groups excluding tert-OH is 1. The topological polar surface area (TPSA) is 59.2 Å². The molecule has 0 bridgehead atoms. The summed E-state index contributed by atoms with van der Waals surface area (Å²) < 4.78 is 19.0. The Labute approximate surface area is 126 Å². The molecule has 6 heteroatoms. The molecule has 0 aliphatic heterocycles. The average molecular weight is 311 g/mol. The molecular weight excluding hydrogens is 295 g/mol. The van der Waals surface area contributed by atoms with Crippen LogP contribution in [0.2, 0.25) is 5.02 Å². The number of nitrogens with zero attached hydrogens (tertiary/aromatic N) is 2. The van der Waals surface area contributed by atoms with Gasteiger partial charge < -0.3 is 9.63 Å². The van der Waals surface area contributed by atoms with E-state index >= 15 is 0 Å². The molecule has 4 nitrogen and oxygen atoms in total. The van der Waals surface area contributed by atoms with Gasteiger partial charge in [0.2, 0.25) is 5.89 Å². The normalized spacial score (nSPS) is 22.4. The zero-order chi connectivity index (χ0) is 14.8. The number of rotatable bonds is 3. The Morgan fingerprint density at radius 1 is 1.29 bits per heavy atom. The maximum Gasteiger partial charge on any atom is 0.229 e. The van der Waals surface area contributed by atoms with Crippen molar-refractivity contribution in [3.05, 3.63) is 46.3 Å². The summed E-state index contributed by atoms with van der Waals surface area (Å²) in [6.45, 7) is 0. The third-order valence-corrected chi connectivity index (χ3v) is 4.28. The van der Waals surface area contributed by atoms with E-state index in [1.165, 1.54) is 6.07 Å². The molecule has 1 aliphatic carbocycles. The highest BCUT2D eigenvalue weighted by atomic mass is 35.5. The molecule has 0 amide bonds. The van der Waals surface area contributed by atoms with Crippen LogP contribution >= 0.6 is 11.6 Å². The molecular formula is C15H16ClFN2O2. The highest BCUT2D eigenvalue weighted by molar-refractivity contribution is 6.31. The van der Waals surface area contributed by atoms with E-state index in [0.717, 1.165) is 25.7 Å². The van der Waals surface area contributed by atoms with E-state index in [4.69, 9.17) is 16.1 Å².